The molecule has 29 heavy (non-hydrogen) atoms. The summed E-state index contributed by atoms with van der Waals surface area (Å²) in [4.78, 5) is 49.6. The number of carbonyl (C=O) groups is 4. The molecule has 148 valence electrons. The quantitative estimate of drug-likeness (QED) is 0.504. The number of carbonyl (C=O) groups excluding carboxylic acids is 4. The van der Waals surface area contributed by atoms with Gasteiger partial charge in [0.2, 0.25) is 0 Å². The number of imide groups is 1. The average Bonchev–Trinajstić information content (AvgIpc) is 3.08. The molecule has 2 amide bonds. The van der Waals surface area contributed by atoms with Crippen LogP contribution >= 0.6 is 0 Å². The predicted molar refractivity (Wildman–Crippen MR) is 102 cm³/mol. The molecule has 0 aliphatic carbocycles. The van der Waals surface area contributed by atoms with Crippen molar-refractivity contribution in [2.75, 3.05) is 0 Å². The van der Waals surface area contributed by atoms with E-state index in [0.717, 1.165) is 28.2 Å². The third-order valence-corrected chi connectivity index (χ3v) is 4.25. The first-order chi connectivity index (χ1) is 14.0. The van der Waals surface area contributed by atoms with Crippen LogP contribution in [0.5, 0.6) is 0 Å². The standard InChI is InChI=1S/C22H19NO6/c24-19-11-12-20(25)23(19)18(22(27)29-15-17-9-5-2-6-10-17)13-21(26)28-14-16-7-3-1-4-8-16/h1-12,18H,13-15H2. The van der Waals surface area contributed by atoms with Gasteiger partial charge in [0.1, 0.15) is 19.3 Å². The maximum atomic E-state index is 12.6. The molecule has 1 heterocycles. The molecule has 1 aliphatic heterocycles. The summed E-state index contributed by atoms with van der Waals surface area (Å²) in [7, 11) is 0. The highest BCUT2D eigenvalue weighted by Gasteiger charge is 2.38. The number of nitrogens with zero attached hydrogens (tertiary/aromatic N) is 1. The largest absolute Gasteiger partial charge is 0.461 e. The Kier molecular flexibility index (Phi) is 6.52. The molecule has 7 nitrogen and oxygen atoms in total. The van der Waals surface area contributed by atoms with Crippen LogP contribution in [0.3, 0.4) is 0 Å². The third kappa shape index (κ3) is 5.38. The molecule has 3 rings (SSSR count). The van der Waals surface area contributed by atoms with Gasteiger partial charge in [-0.1, -0.05) is 60.7 Å². The van der Waals surface area contributed by atoms with Crippen molar-refractivity contribution in [2.45, 2.75) is 25.7 Å². The molecular formula is C22H19NO6. The Morgan fingerprint density at radius 2 is 1.24 bits per heavy atom. The van der Waals surface area contributed by atoms with Gasteiger partial charge in [0.25, 0.3) is 11.8 Å². The average molecular weight is 393 g/mol. The number of ether oxygens (including phenoxy) is 2. The van der Waals surface area contributed by atoms with Crippen molar-refractivity contribution in [3.8, 4) is 0 Å². The van der Waals surface area contributed by atoms with Gasteiger partial charge in [-0.05, 0) is 11.1 Å². The molecule has 0 N–H and O–H groups in total. The lowest BCUT2D eigenvalue weighted by Crippen LogP contribution is -2.47. The van der Waals surface area contributed by atoms with Crippen LogP contribution in [0.25, 0.3) is 0 Å². The first-order valence-corrected chi connectivity index (χ1v) is 9.00. The highest BCUT2D eigenvalue weighted by molar-refractivity contribution is 6.15. The minimum Gasteiger partial charge on any atom is -0.461 e. The molecule has 2 aromatic rings. The Morgan fingerprint density at radius 3 is 1.76 bits per heavy atom. The summed E-state index contributed by atoms with van der Waals surface area (Å²) in [5.41, 5.74) is 1.52. The monoisotopic (exact) mass is 393 g/mol. The molecule has 0 aromatic heterocycles. The molecule has 0 saturated heterocycles. The van der Waals surface area contributed by atoms with Gasteiger partial charge in [0.15, 0.2) is 0 Å². The van der Waals surface area contributed by atoms with Crippen LogP contribution in [0.15, 0.2) is 72.8 Å². The van der Waals surface area contributed by atoms with E-state index in [1.807, 2.05) is 12.1 Å². The van der Waals surface area contributed by atoms with Crippen LogP contribution in [0.1, 0.15) is 17.5 Å². The van der Waals surface area contributed by atoms with Crippen LogP contribution in [-0.2, 0) is 41.9 Å². The Hall–Kier alpha value is -3.74. The fourth-order valence-electron chi connectivity index (χ4n) is 2.78. The SMILES string of the molecule is O=C(CC(C(=O)OCc1ccccc1)N1C(=O)C=CC1=O)OCc1ccccc1. The van der Waals surface area contributed by atoms with Gasteiger partial charge < -0.3 is 9.47 Å². The molecule has 0 spiro atoms. The minimum atomic E-state index is -1.39. The van der Waals surface area contributed by atoms with Crippen LogP contribution < -0.4 is 0 Å². The number of hydrogen-bond donors (Lipinski definition) is 0. The molecular weight excluding hydrogens is 374 g/mol. The summed E-state index contributed by atoms with van der Waals surface area (Å²) in [5, 5.41) is 0. The zero-order valence-corrected chi connectivity index (χ0v) is 15.5. The van der Waals surface area contributed by atoms with Gasteiger partial charge >= 0.3 is 11.9 Å². The molecule has 0 radical (unpaired) electrons. The molecule has 0 saturated carbocycles. The highest BCUT2D eigenvalue weighted by atomic mass is 16.5. The lowest BCUT2D eigenvalue weighted by atomic mass is 10.1. The van der Waals surface area contributed by atoms with Gasteiger partial charge in [-0.15, -0.1) is 0 Å². The summed E-state index contributed by atoms with van der Waals surface area (Å²) < 4.78 is 10.4. The zero-order valence-electron chi connectivity index (χ0n) is 15.5. The number of hydrogen-bond acceptors (Lipinski definition) is 6. The number of esters is 2. The first kappa shape index (κ1) is 20.0. The van der Waals surface area contributed by atoms with E-state index in [4.69, 9.17) is 9.47 Å². The Balaban J connectivity index is 1.65. The number of amides is 2. The van der Waals surface area contributed by atoms with E-state index in [2.05, 4.69) is 0 Å². The Bertz CT molecular complexity index is 905. The topological polar surface area (TPSA) is 90.0 Å². The Morgan fingerprint density at radius 1 is 0.759 bits per heavy atom. The summed E-state index contributed by atoms with van der Waals surface area (Å²) in [6, 6.07) is 16.6. The van der Waals surface area contributed by atoms with Crippen LogP contribution in [0.2, 0.25) is 0 Å². The van der Waals surface area contributed by atoms with E-state index in [0.29, 0.717) is 0 Å². The summed E-state index contributed by atoms with van der Waals surface area (Å²) in [5.74, 6) is -2.92. The van der Waals surface area contributed by atoms with Crippen LogP contribution in [0, 0.1) is 0 Å². The highest BCUT2D eigenvalue weighted by Crippen LogP contribution is 2.16. The summed E-state index contributed by atoms with van der Waals surface area (Å²) >= 11 is 0. The molecule has 2 aromatic carbocycles. The first-order valence-electron chi connectivity index (χ1n) is 9.00. The minimum absolute atomic E-state index is 0.0194. The van der Waals surface area contributed by atoms with E-state index < -0.39 is 36.2 Å². The molecule has 1 aliphatic rings. The molecule has 0 bridgehead atoms. The van der Waals surface area contributed by atoms with E-state index in [9.17, 15) is 19.2 Å². The van der Waals surface area contributed by atoms with Gasteiger partial charge in [-0.3, -0.25) is 19.3 Å². The van der Waals surface area contributed by atoms with Crippen molar-refractivity contribution in [1.29, 1.82) is 0 Å². The smallest absolute Gasteiger partial charge is 0.330 e. The summed E-state index contributed by atoms with van der Waals surface area (Å²) in [6.45, 7) is -0.0233. The fraction of sp³-hybridized carbons (Fsp3) is 0.182. The normalized spacial score (nSPS) is 14.0. The fourth-order valence-corrected chi connectivity index (χ4v) is 2.78. The van der Waals surface area contributed by atoms with E-state index >= 15 is 0 Å². The predicted octanol–water partition coefficient (Wildman–Crippen LogP) is 2.16. The molecule has 1 atom stereocenters. The Labute approximate surface area is 167 Å². The van der Waals surface area contributed by atoms with E-state index in [1.54, 1.807) is 48.5 Å². The molecule has 7 heteroatoms. The molecule has 1 unspecified atom stereocenters. The van der Waals surface area contributed by atoms with Gasteiger partial charge in [0, 0.05) is 12.2 Å². The number of rotatable bonds is 8. The lowest BCUT2D eigenvalue weighted by molar-refractivity contribution is -0.162. The van der Waals surface area contributed by atoms with Crippen molar-refractivity contribution < 1.29 is 28.7 Å². The van der Waals surface area contributed by atoms with Gasteiger partial charge in [-0.25, -0.2) is 4.79 Å². The van der Waals surface area contributed by atoms with E-state index in [-0.39, 0.29) is 13.2 Å². The van der Waals surface area contributed by atoms with Crippen molar-refractivity contribution in [3.05, 3.63) is 83.9 Å². The lowest BCUT2D eigenvalue weighted by Gasteiger charge is -2.23. The van der Waals surface area contributed by atoms with Gasteiger partial charge in [0.05, 0.1) is 6.42 Å². The second kappa shape index (κ2) is 9.45. The van der Waals surface area contributed by atoms with Gasteiger partial charge in [-0.2, -0.15) is 0 Å². The van der Waals surface area contributed by atoms with Crippen molar-refractivity contribution >= 4 is 23.8 Å². The van der Waals surface area contributed by atoms with Crippen LogP contribution in [0.4, 0.5) is 0 Å². The number of benzene rings is 2. The summed E-state index contributed by atoms with van der Waals surface area (Å²) in [6.07, 6.45) is 1.61. The second-order valence-electron chi connectivity index (χ2n) is 6.34. The van der Waals surface area contributed by atoms with Crippen molar-refractivity contribution in [3.63, 3.8) is 0 Å². The van der Waals surface area contributed by atoms with Crippen molar-refractivity contribution in [2.24, 2.45) is 0 Å². The zero-order chi connectivity index (χ0) is 20.6. The second-order valence-corrected chi connectivity index (χ2v) is 6.34. The third-order valence-electron chi connectivity index (χ3n) is 4.25. The maximum absolute atomic E-state index is 12.6. The van der Waals surface area contributed by atoms with Crippen LogP contribution in [-0.4, -0.2) is 34.7 Å². The molecule has 0 fully saturated rings. The maximum Gasteiger partial charge on any atom is 0.330 e. The van der Waals surface area contributed by atoms with Crippen molar-refractivity contribution in [1.82, 2.24) is 4.90 Å². The van der Waals surface area contributed by atoms with E-state index in [1.165, 1.54) is 0 Å².